The van der Waals surface area contributed by atoms with Crippen molar-refractivity contribution >= 4 is 5.91 Å². The number of amides is 1. The molecule has 0 unspecified atom stereocenters. The van der Waals surface area contributed by atoms with E-state index in [2.05, 4.69) is 51.2 Å². The van der Waals surface area contributed by atoms with Gasteiger partial charge in [-0.15, -0.1) is 0 Å². The van der Waals surface area contributed by atoms with E-state index in [0.29, 0.717) is 17.7 Å². The summed E-state index contributed by atoms with van der Waals surface area (Å²) in [7, 11) is 0. The van der Waals surface area contributed by atoms with E-state index in [9.17, 15) is 4.79 Å². The van der Waals surface area contributed by atoms with Crippen LogP contribution in [0.2, 0.25) is 0 Å². The van der Waals surface area contributed by atoms with E-state index in [1.807, 2.05) is 12.3 Å². The predicted molar refractivity (Wildman–Crippen MR) is 112 cm³/mol. The van der Waals surface area contributed by atoms with E-state index in [1.54, 1.807) is 6.20 Å². The van der Waals surface area contributed by atoms with Gasteiger partial charge in [-0.05, 0) is 62.4 Å². The van der Waals surface area contributed by atoms with Gasteiger partial charge in [0.05, 0.1) is 0 Å². The number of aromatic nitrogens is 1. The van der Waals surface area contributed by atoms with Crippen LogP contribution < -0.4 is 0 Å². The second kappa shape index (κ2) is 8.87. The third-order valence-electron chi connectivity index (χ3n) is 6.44. The van der Waals surface area contributed by atoms with Crippen molar-refractivity contribution in [2.75, 3.05) is 32.7 Å². The molecule has 0 N–H and O–H groups in total. The molecule has 1 spiro atoms. The highest BCUT2D eigenvalue weighted by atomic mass is 16.2. The minimum absolute atomic E-state index is 0.309. The van der Waals surface area contributed by atoms with Gasteiger partial charge >= 0.3 is 0 Å². The Labute approximate surface area is 168 Å². The van der Waals surface area contributed by atoms with Crippen LogP contribution in [0.5, 0.6) is 0 Å². The first-order valence-electron chi connectivity index (χ1n) is 10.7. The van der Waals surface area contributed by atoms with Gasteiger partial charge in [-0.1, -0.05) is 36.4 Å². The quantitative estimate of drug-likeness (QED) is 0.740. The van der Waals surface area contributed by atoms with Crippen molar-refractivity contribution in [1.29, 1.82) is 0 Å². The molecule has 0 saturated carbocycles. The summed E-state index contributed by atoms with van der Waals surface area (Å²) in [6.45, 7) is 5.41. The number of aryl methyl sites for hydroxylation is 2. The average Bonchev–Trinajstić information content (AvgIpc) is 3.34. The molecule has 1 aromatic carbocycles. The monoisotopic (exact) mass is 377 g/mol. The number of rotatable bonds is 7. The maximum Gasteiger partial charge on any atom is 0.222 e. The maximum absolute atomic E-state index is 12.7. The fourth-order valence-electron chi connectivity index (χ4n) is 4.81. The molecule has 2 aromatic rings. The fourth-order valence-corrected chi connectivity index (χ4v) is 4.81. The third kappa shape index (κ3) is 4.79. The van der Waals surface area contributed by atoms with Crippen molar-refractivity contribution in [2.45, 2.75) is 38.5 Å². The number of pyridine rings is 1. The first kappa shape index (κ1) is 19.1. The van der Waals surface area contributed by atoms with Crippen molar-refractivity contribution in [3.8, 4) is 0 Å². The molecule has 0 bridgehead atoms. The lowest BCUT2D eigenvalue weighted by atomic mass is 9.86. The summed E-state index contributed by atoms with van der Waals surface area (Å²) in [6, 6.07) is 14.8. The van der Waals surface area contributed by atoms with Gasteiger partial charge in [0, 0.05) is 43.9 Å². The molecule has 0 aliphatic carbocycles. The number of hydrogen-bond acceptors (Lipinski definition) is 3. The minimum Gasteiger partial charge on any atom is -0.342 e. The van der Waals surface area contributed by atoms with Gasteiger partial charge in [-0.3, -0.25) is 9.78 Å². The molecule has 4 nitrogen and oxygen atoms in total. The van der Waals surface area contributed by atoms with Gasteiger partial charge < -0.3 is 9.80 Å². The van der Waals surface area contributed by atoms with Crippen molar-refractivity contribution in [2.24, 2.45) is 5.41 Å². The Morgan fingerprint density at radius 2 is 1.79 bits per heavy atom. The number of benzene rings is 1. The molecule has 2 aliphatic heterocycles. The van der Waals surface area contributed by atoms with Crippen LogP contribution >= 0.6 is 0 Å². The summed E-state index contributed by atoms with van der Waals surface area (Å²) in [6.07, 6.45) is 9.82. The van der Waals surface area contributed by atoms with Crippen molar-refractivity contribution < 1.29 is 4.79 Å². The van der Waals surface area contributed by atoms with Crippen molar-refractivity contribution in [3.63, 3.8) is 0 Å². The molecule has 1 atom stereocenters. The lowest BCUT2D eigenvalue weighted by Gasteiger charge is -2.25. The van der Waals surface area contributed by atoms with Crippen LogP contribution in [0.15, 0.2) is 54.9 Å². The van der Waals surface area contributed by atoms with Crippen molar-refractivity contribution in [3.05, 3.63) is 66.0 Å². The molecule has 1 amide bonds. The molecule has 2 aliphatic rings. The Balaban J connectivity index is 1.20. The van der Waals surface area contributed by atoms with Crippen LogP contribution in [0, 0.1) is 5.41 Å². The molecule has 4 rings (SSSR count). The van der Waals surface area contributed by atoms with E-state index in [-0.39, 0.29) is 0 Å². The first-order valence-corrected chi connectivity index (χ1v) is 10.7. The van der Waals surface area contributed by atoms with Gasteiger partial charge in [0.15, 0.2) is 0 Å². The molecule has 4 heteroatoms. The molecule has 2 saturated heterocycles. The average molecular weight is 378 g/mol. The predicted octanol–water partition coefficient (Wildman–Crippen LogP) is 3.57. The zero-order valence-corrected chi connectivity index (χ0v) is 16.7. The Kier molecular flexibility index (Phi) is 6.06. The normalized spacial score (nSPS) is 22.2. The number of likely N-dealkylation sites (tertiary alicyclic amines) is 2. The van der Waals surface area contributed by atoms with Gasteiger partial charge in [0.2, 0.25) is 5.91 Å². The number of carbonyl (C=O) groups excluding carboxylic acids is 1. The highest BCUT2D eigenvalue weighted by Gasteiger charge is 2.44. The van der Waals surface area contributed by atoms with Crippen LogP contribution in [0.1, 0.15) is 36.8 Å². The van der Waals surface area contributed by atoms with E-state index >= 15 is 0 Å². The highest BCUT2D eigenvalue weighted by molar-refractivity contribution is 5.76. The summed E-state index contributed by atoms with van der Waals surface area (Å²) in [5.74, 6) is 0.309. The van der Waals surface area contributed by atoms with Crippen LogP contribution in [-0.2, 0) is 17.6 Å². The lowest BCUT2D eigenvalue weighted by molar-refractivity contribution is -0.130. The summed E-state index contributed by atoms with van der Waals surface area (Å²) in [4.78, 5) is 21.5. The van der Waals surface area contributed by atoms with Crippen LogP contribution in [-0.4, -0.2) is 53.4 Å². The molecule has 2 fully saturated rings. The summed E-state index contributed by atoms with van der Waals surface area (Å²) < 4.78 is 0. The van der Waals surface area contributed by atoms with E-state index in [0.717, 1.165) is 38.0 Å². The number of carbonyl (C=O) groups is 1. The van der Waals surface area contributed by atoms with Crippen LogP contribution in [0.25, 0.3) is 0 Å². The Hall–Kier alpha value is -2.20. The zero-order chi connectivity index (χ0) is 19.2. The smallest absolute Gasteiger partial charge is 0.222 e. The molecule has 148 valence electrons. The van der Waals surface area contributed by atoms with Gasteiger partial charge in [0.25, 0.3) is 0 Å². The Morgan fingerprint density at radius 1 is 0.964 bits per heavy atom. The molecule has 1 aromatic heterocycles. The third-order valence-corrected chi connectivity index (χ3v) is 6.44. The standard InChI is InChI=1S/C24H31N3O/c28-23(11-10-22-8-4-14-25-18-22)27-17-13-24(20-27)12-16-26(19-24)15-5-9-21-6-2-1-3-7-21/h1-4,6-8,14,18H,5,9-13,15-17,19-20H2/t24-/m0/s1. The van der Waals surface area contributed by atoms with Gasteiger partial charge in [0.1, 0.15) is 0 Å². The van der Waals surface area contributed by atoms with Crippen molar-refractivity contribution in [1.82, 2.24) is 14.8 Å². The Morgan fingerprint density at radius 3 is 2.61 bits per heavy atom. The molecule has 28 heavy (non-hydrogen) atoms. The minimum atomic E-state index is 0.309. The second-order valence-corrected chi connectivity index (χ2v) is 8.54. The SMILES string of the molecule is O=C(CCc1cccnc1)N1CC[C@]2(CCN(CCCc3ccccc3)C2)C1. The lowest BCUT2D eigenvalue weighted by Crippen LogP contribution is -2.34. The highest BCUT2D eigenvalue weighted by Crippen LogP contribution is 2.39. The molecule has 3 heterocycles. The summed E-state index contributed by atoms with van der Waals surface area (Å²) in [5.41, 5.74) is 2.93. The van der Waals surface area contributed by atoms with E-state index < -0.39 is 0 Å². The largest absolute Gasteiger partial charge is 0.342 e. The molecule has 0 radical (unpaired) electrons. The first-order chi connectivity index (χ1) is 13.7. The summed E-state index contributed by atoms with van der Waals surface area (Å²) in [5, 5.41) is 0. The molecular formula is C24H31N3O. The topological polar surface area (TPSA) is 36.4 Å². The number of nitrogens with zero attached hydrogens (tertiary/aromatic N) is 3. The Bertz CT molecular complexity index is 764. The maximum atomic E-state index is 12.7. The van der Waals surface area contributed by atoms with Crippen LogP contribution in [0.3, 0.4) is 0 Å². The fraction of sp³-hybridized carbons (Fsp3) is 0.500. The van der Waals surface area contributed by atoms with E-state index in [4.69, 9.17) is 0 Å². The summed E-state index contributed by atoms with van der Waals surface area (Å²) >= 11 is 0. The second-order valence-electron chi connectivity index (χ2n) is 8.54. The van der Waals surface area contributed by atoms with Gasteiger partial charge in [-0.2, -0.15) is 0 Å². The van der Waals surface area contributed by atoms with Gasteiger partial charge in [-0.25, -0.2) is 0 Å². The number of hydrogen-bond donors (Lipinski definition) is 0. The zero-order valence-electron chi connectivity index (χ0n) is 16.7. The molecular weight excluding hydrogens is 346 g/mol. The van der Waals surface area contributed by atoms with E-state index in [1.165, 1.54) is 37.9 Å². The van der Waals surface area contributed by atoms with Crippen LogP contribution in [0.4, 0.5) is 0 Å².